The Labute approximate surface area is 99.0 Å². The minimum atomic E-state index is -0.556. The van der Waals surface area contributed by atoms with E-state index in [-0.39, 0.29) is 12.2 Å². The van der Waals surface area contributed by atoms with E-state index in [9.17, 15) is 9.59 Å². The number of hydrogen-bond donors (Lipinski definition) is 2. The molecule has 0 bridgehead atoms. The Balaban J connectivity index is 3.02. The number of primary amides is 1. The number of carbonyl (C=O) groups excluding carboxylic acids is 2. The molecule has 0 radical (unpaired) electrons. The number of rotatable bonds is 4. The van der Waals surface area contributed by atoms with Crippen molar-refractivity contribution in [3.63, 3.8) is 0 Å². The first-order chi connectivity index (χ1) is 8.04. The van der Waals surface area contributed by atoms with Gasteiger partial charge in [0.1, 0.15) is 0 Å². The molecule has 0 saturated heterocycles. The van der Waals surface area contributed by atoms with Crippen molar-refractivity contribution in [3.8, 4) is 0 Å². The van der Waals surface area contributed by atoms with Crippen LogP contribution in [0.3, 0.4) is 0 Å². The van der Waals surface area contributed by atoms with Gasteiger partial charge in [0.2, 0.25) is 5.91 Å². The molecular formula is C12H14N2O3. The SMILES string of the molecule is CCOC(=O)c1cc(C=CC(N)=O)ccc1N. The summed E-state index contributed by atoms with van der Waals surface area (Å²) in [5, 5.41) is 0. The number of carbonyl (C=O) groups is 2. The van der Waals surface area contributed by atoms with Crippen LogP contribution in [0.2, 0.25) is 0 Å². The fourth-order valence-corrected chi connectivity index (χ4v) is 1.24. The van der Waals surface area contributed by atoms with Gasteiger partial charge < -0.3 is 16.2 Å². The molecule has 0 saturated carbocycles. The van der Waals surface area contributed by atoms with Crippen LogP contribution >= 0.6 is 0 Å². The van der Waals surface area contributed by atoms with Crippen LogP contribution in [0.15, 0.2) is 24.3 Å². The molecule has 0 aliphatic carbocycles. The molecule has 0 aliphatic rings. The third-order valence-electron chi connectivity index (χ3n) is 2.01. The smallest absolute Gasteiger partial charge is 0.340 e. The van der Waals surface area contributed by atoms with Crippen molar-refractivity contribution in [1.82, 2.24) is 0 Å². The molecule has 0 heterocycles. The van der Waals surface area contributed by atoms with Gasteiger partial charge in [-0.15, -0.1) is 0 Å². The van der Waals surface area contributed by atoms with Crippen LogP contribution in [-0.4, -0.2) is 18.5 Å². The molecule has 1 aromatic rings. The number of benzene rings is 1. The number of ether oxygens (including phenoxy) is 1. The number of nitrogen functional groups attached to an aromatic ring is 1. The molecular weight excluding hydrogens is 220 g/mol. The number of anilines is 1. The van der Waals surface area contributed by atoms with Crippen LogP contribution in [0.1, 0.15) is 22.8 Å². The van der Waals surface area contributed by atoms with E-state index in [4.69, 9.17) is 16.2 Å². The first-order valence-electron chi connectivity index (χ1n) is 5.08. The molecule has 0 atom stereocenters. The van der Waals surface area contributed by atoms with Crippen molar-refractivity contribution in [2.75, 3.05) is 12.3 Å². The Morgan fingerprint density at radius 2 is 2.12 bits per heavy atom. The standard InChI is InChI=1S/C12H14N2O3/c1-2-17-12(16)9-7-8(3-5-10(9)13)4-6-11(14)15/h3-7H,2,13H2,1H3,(H2,14,15). The maximum atomic E-state index is 11.5. The molecule has 5 nitrogen and oxygen atoms in total. The lowest BCUT2D eigenvalue weighted by molar-refractivity contribution is -0.113. The van der Waals surface area contributed by atoms with Crippen LogP contribution in [0, 0.1) is 0 Å². The van der Waals surface area contributed by atoms with E-state index >= 15 is 0 Å². The minimum absolute atomic E-state index is 0.276. The molecule has 5 heteroatoms. The lowest BCUT2D eigenvalue weighted by Crippen LogP contribution is -2.08. The molecule has 0 unspecified atom stereocenters. The average molecular weight is 234 g/mol. The Kier molecular flexibility index (Phi) is 4.28. The van der Waals surface area contributed by atoms with E-state index in [0.717, 1.165) is 0 Å². The van der Waals surface area contributed by atoms with E-state index in [2.05, 4.69) is 0 Å². The largest absolute Gasteiger partial charge is 0.462 e. The summed E-state index contributed by atoms with van der Waals surface area (Å²) < 4.78 is 4.85. The highest BCUT2D eigenvalue weighted by atomic mass is 16.5. The fourth-order valence-electron chi connectivity index (χ4n) is 1.24. The van der Waals surface area contributed by atoms with Gasteiger partial charge in [0.15, 0.2) is 0 Å². The summed E-state index contributed by atoms with van der Waals surface area (Å²) in [7, 11) is 0. The van der Waals surface area contributed by atoms with Crippen LogP contribution in [-0.2, 0) is 9.53 Å². The quantitative estimate of drug-likeness (QED) is 0.460. The van der Waals surface area contributed by atoms with Gasteiger partial charge in [0, 0.05) is 11.8 Å². The van der Waals surface area contributed by atoms with Crippen LogP contribution in [0.25, 0.3) is 6.08 Å². The highest BCUT2D eigenvalue weighted by molar-refractivity contribution is 5.96. The summed E-state index contributed by atoms with van der Waals surface area (Å²) in [5.41, 5.74) is 11.9. The van der Waals surface area contributed by atoms with Gasteiger partial charge >= 0.3 is 5.97 Å². The Bertz CT molecular complexity index is 467. The van der Waals surface area contributed by atoms with Gasteiger partial charge in [-0.25, -0.2) is 4.79 Å². The van der Waals surface area contributed by atoms with E-state index in [1.165, 1.54) is 12.2 Å². The number of hydrogen-bond acceptors (Lipinski definition) is 4. The van der Waals surface area contributed by atoms with Gasteiger partial charge in [-0.3, -0.25) is 4.79 Å². The summed E-state index contributed by atoms with van der Waals surface area (Å²) in [6.07, 6.45) is 2.71. The summed E-state index contributed by atoms with van der Waals surface area (Å²) in [5.74, 6) is -1.04. The summed E-state index contributed by atoms with van der Waals surface area (Å²) in [4.78, 5) is 22.1. The number of nitrogens with two attached hydrogens (primary N) is 2. The predicted molar refractivity (Wildman–Crippen MR) is 65.0 cm³/mol. The number of amides is 1. The zero-order valence-corrected chi connectivity index (χ0v) is 9.47. The second-order valence-electron chi connectivity index (χ2n) is 3.30. The zero-order chi connectivity index (χ0) is 12.8. The molecule has 0 aromatic heterocycles. The van der Waals surface area contributed by atoms with E-state index in [1.807, 2.05) is 0 Å². The second-order valence-corrected chi connectivity index (χ2v) is 3.30. The zero-order valence-electron chi connectivity index (χ0n) is 9.47. The molecule has 0 spiro atoms. The lowest BCUT2D eigenvalue weighted by Gasteiger charge is -2.05. The molecule has 0 aliphatic heterocycles. The highest BCUT2D eigenvalue weighted by Gasteiger charge is 2.10. The van der Waals surface area contributed by atoms with Gasteiger partial charge in [0.25, 0.3) is 0 Å². The Hall–Kier alpha value is -2.30. The van der Waals surface area contributed by atoms with Crippen molar-refractivity contribution in [2.45, 2.75) is 6.92 Å². The first kappa shape index (κ1) is 12.8. The molecule has 17 heavy (non-hydrogen) atoms. The van der Waals surface area contributed by atoms with Crippen molar-refractivity contribution in [2.24, 2.45) is 5.73 Å². The van der Waals surface area contributed by atoms with Gasteiger partial charge in [0.05, 0.1) is 12.2 Å². The van der Waals surface area contributed by atoms with E-state index < -0.39 is 11.9 Å². The second kappa shape index (κ2) is 5.69. The normalized spacial score (nSPS) is 10.4. The highest BCUT2D eigenvalue weighted by Crippen LogP contribution is 2.16. The monoisotopic (exact) mass is 234 g/mol. The van der Waals surface area contributed by atoms with Crippen LogP contribution < -0.4 is 11.5 Å². The van der Waals surface area contributed by atoms with Crippen LogP contribution in [0.4, 0.5) is 5.69 Å². The maximum absolute atomic E-state index is 11.5. The van der Waals surface area contributed by atoms with Gasteiger partial charge in [-0.05, 0) is 30.7 Å². The van der Waals surface area contributed by atoms with Crippen molar-refractivity contribution in [3.05, 3.63) is 35.4 Å². The van der Waals surface area contributed by atoms with Crippen molar-refractivity contribution < 1.29 is 14.3 Å². The van der Waals surface area contributed by atoms with E-state index in [0.29, 0.717) is 11.3 Å². The van der Waals surface area contributed by atoms with Crippen molar-refractivity contribution in [1.29, 1.82) is 0 Å². The average Bonchev–Trinajstić information content (AvgIpc) is 2.28. The molecule has 0 fully saturated rings. The summed E-state index contributed by atoms with van der Waals surface area (Å²) in [6, 6.07) is 4.80. The fraction of sp³-hybridized carbons (Fsp3) is 0.167. The molecule has 1 rings (SSSR count). The minimum Gasteiger partial charge on any atom is -0.462 e. The van der Waals surface area contributed by atoms with Crippen LogP contribution in [0.5, 0.6) is 0 Å². The summed E-state index contributed by atoms with van der Waals surface area (Å²) >= 11 is 0. The Morgan fingerprint density at radius 1 is 1.41 bits per heavy atom. The van der Waals surface area contributed by atoms with Gasteiger partial charge in [-0.1, -0.05) is 6.07 Å². The topological polar surface area (TPSA) is 95.4 Å². The molecule has 4 N–H and O–H groups in total. The molecule has 1 amide bonds. The molecule has 90 valence electrons. The third-order valence-corrected chi connectivity index (χ3v) is 2.01. The lowest BCUT2D eigenvalue weighted by atomic mass is 10.1. The van der Waals surface area contributed by atoms with E-state index in [1.54, 1.807) is 25.1 Å². The number of esters is 1. The maximum Gasteiger partial charge on any atom is 0.340 e. The van der Waals surface area contributed by atoms with Crippen molar-refractivity contribution >= 4 is 23.6 Å². The third kappa shape index (κ3) is 3.64. The molecule has 1 aromatic carbocycles. The Morgan fingerprint density at radius 3 is 2.71 bits per heavy atom. The first-order valence-corrected chi connectivity index (χ1v) is 5.08. The van der Waals surface area contributed by atoms with Gasteiger partial charge in [-0.2, -0.15) is 0 Å². The predicted octanol–water partition coefficient (Wildman–Crippen LogP) is 0.944. The summed E-state index contributed by atoms with van der Waals surface area (Å²) in [6.45, 7) is 1.99.